The third kappa shape index (κ3) is 1.97. The van der Waals surface area contributed by atoms with Gasteiger partial charge >= 0.3 is 5.69 Å². The molecule has 5 heteroatoms. The zero-order valence-electron chi connectivity index (χ0n) is 10.1. The van der Waals surface area contributed by atoms with Crippen molar-refractivity contribution >= 4 is 0 Å². The quantitative estimate of drug-likeness (QED) is 0.838. The van der Waals surface area contributed by atoms with Crippen LogP contribution in [0.1, 0.15) is 31.1 Å². The normalized spacial score (nSPS) is 19.9. The fourth-order valence-electron chi connectivity index (χ4n) is 2.44. The summed E-state index contributed by atoms with van der Waals surface area (Å²) in [4.78, 5) is 11.9. The lowest BCUT2D eigenvalue weighted by Gasteiger charge is -2.22. The standard InChI is InChI=1S/C13H16N4O/c18-13-16-15-12(11-8-4-5-9-14-11)17(13)10-6-2-1-3-7-10/h1-3,6-7,11,14H,4-5,8-9H2,(H,16,18). The third-order valence-corrected chi connectivity index (χ3v) is 3.33. The van der Waals surface area contributed by atoms with Gasteiger partial charge in [-0.2, -0.15) is 5.10 Å². The fraction of sp³-hybridized carbons (Fsp3) is 0.385. The Balaban J connectivity index is 2.04. The summed E-state index contributed by atoms with van der Waals surface area (Å²) in [6.07, 6.45) is 3.39. The molecular formula is C13H16N4O. The highest BCUT2D eigenvalue weighted by atomic mass is 16.1. The third-order valence-electron chi connectivity index (χ3n) is 3.33. The number of aromatic amines is 1. The highest BCUT2D eigenvalue weighted by Crippen LogP contribution is 2.21. The summed E-state index contributed by atoms with van der Waals surface area (Å²) in [6, 6.07) is 9.79. The van der Waals surface area contributed by atoms with Crippen LogP contribution in [0.2, 0.25) is 0 Å². The van der Waals surface area contributed by atoms with Gasteiger partial charge in [0.15, 0.2) is 5.82 Å². The van der Waals surface area contributed by atoms with Crippen LogP contribution >= 0.6 is 0 Å². The molecule has 2 aromatic rings. The minimum absolute atomic E-state index is 0.165. The Kier molecular flexibility index (Phi) is 2.98. The maximum absolute atomic E-state index is 11.9. The SMILES string of the molecule is O=c1[nH]nc(C2CCCCN2)n1-c1ccccc1. The molecule has 2 heterocycles. The highest BCUT2D eigenvalue weighted by molar-refractivity contribution is 5.32. The molecule has 5 nitrogen and oxygen atoms in total. The van der Waals surface area contributed by atoms with E-state index in [1.807, 2.05) is 30.3 Å². The number of benzene rings is 1. The molecule has 2 N–H and O–H groups in total. The minimum atomic E-state index is -0.177. The molecule has 3 rings (SSSR count). The van der Waals surface area contributed by atoms with Crippen molar-refractivity contribution in [2.24, 2.45) is 0 Å². The number of H-pyrrole nitrogens is 1. The van der Waals surface area contributed by atoms with Crippen LogP contribution in [0.3, 0.4) is 0 Å². The van der Waals surface area contributed by atoms with E-state index >= 15 is 0 Å². The van der Waals surface area contributed by atoms with Gasteiger partial charge in [-0.15, -0.1) is 0 Å². The van der Waals surface area contributed by atoms with Crippen molar-refractivity contribution in [2.45, 2.75) is 25.3 Å². The van der Waals surface area contributed by atoms with E-state index in [4.69, 9.17) is 0 Å². The Bertz CT molecular complexity index is 566. The van der Waals surface area contributed by atoms with Crippen LogP contribution in [0, 0.1) is 0 Å². The molecule has 1 atom stereocenters. The second-order valence-electron chi connectivity index (χ2n) is 4.56. The molecule has 0 saturated carbocycles. The van der Waals surface area contributed by atoms with Crippen LogP contribution in [0.25, 0.3) is 5.69 Å². The molecule has 94 valence electrons. The summed E-state index contributed by atoms with van der Waals surface area (Å²) in [5, 5.41) is 10.1. The van der Waals surface area contributed by atoms with E-state index in [-0.39, 0.29) is 11.7 Å². The molecule has 1 saturated heterocycles. The van der Waals surface area contributed by atoms with E-state index in [0.717, 1.165) is 24.5 Å². The first-order valence-corrected chi connectivity index (χ1v) is 6.32. The second kappa shape index (κ2) is 4.78. The van der Waals surface area contributed by atoms with Crippen LogP contribution in [-0.2, 0) is 0 Å². The van der Waals surface area contributed by atoms with Crippen LogP contribution < -0.4 is 11.0 Å². The van der Waals surface area contributed by atoms with Crippen LogP contribution in [0.4, 0.5) is 0 Å². The molecule has 1 aliphatic heterocycles. The fourth-order valence-corrected chi connectivity index (χ4v) is 2.44. The first-order valence-electron chi connectivity index (χ1n) is 6.32. The van der Waals surface area contributed by atoms with Gasteiger partial charge in [-0.3, -0.25) is 0 Å². The maximum atomic E-state index is 11.9. The molecule has 1 unspecified atom stereocenters. The Labute approximate surface area is 105 Å². The lowest BCUT2D eigenvalue weighted by atomic mass is 10.0. The van der Waals surface area contributed by atoms with E-state index in [1.165, 1.54) is 12.8 Å². The zero-order chi connectivity index (χ0) is 12.4. The summed E-state index contributed by atoms with van der Waals surface area (Å²) in [5.74, 6) is 0.783. The van der Waals surface area contributed by atoms with Crippen LogP contribution in [0.15, 0.2) is 35.1 Å². The summed E-state index contributed by atoms with van der Waals surface area (Å²) >= 11 is 0. The Hall–Kier alpha value is -1.88. The topological polar surface area (TPSA) is 62.7 Å². The summed E-state index contributed by atoms with van der Waals surface area (Å²) in [5.41, 5.74) is 0.683. The van der Waals surface area contributed by atoms with Crippen molar-refractivity contribution in [2.75, 3.05) is 6.54 Å². The lowest BCUT2D eigenvalue weighted by molar-refractivity contribution is 0.393. The van der Waals surface area contributed by atoms with E-state index < -0.39 is 0 Å². The Morgan fingerprint density at radius 2 is 2.06 bits per heavy atom. The monoisotopic (exact) mass is 244 g/mol. The van der Waals surface area contributed by atoms with E-state index in [9.17, 15) is 4.79 Å². The molecule has 0 radical (unpaired) electrons. The van der Waals surface area contributed by atoms with E-state index in [1.54, 1.807) is 4.57 Å². The van der Waals surface area contributed by atoms with Crippen LogP contribution in [0.5, 0.6) is 0 Å². The van der Waals surface area contributed by atoms with Gasteiger partial charge in [-0.25, -0.2) is 14.5 Å². The first kappa shape index (κ1) is 11.2. The average Bonchev–Trinajstić information content (AvgIpc) is 2.83. The van der Waals surface area contributed by atoms with Crippen molar-refractivity contribution in [3.8, 4) is 5.69 Å². The molecular weight excluding hydrogens is 228 g/mol. The van der Waals surface area contributed by atoms with Gasteiger partial charge in [0.05, 0.1) is 11.7 Å². The molecule has 1 fully saturated rings. The van der Waals surface area contributed by atoms with Crippen molar-refractivity contribution in [1.29, 1.82) is 0 Å². The van der Waals surface area contributed by atoms with Gasteiger partial charge in [0.2, 0.25) is 0 Å². The maximum Gasteiger partial charge on any atom is 0.347 e. The number of hydrogen-bond acceptors (Lipinski definition) is 3. The highest BCUT2D eigenvalue weighted by Gasteiger charge is 2.22. The lowest BCUT2D eigenvalue weighted by Crippen LogP contribution is -2.30. The molecule has 0 aliphatic carbocycles. The van der Waals surface area contributed by atoms with Gasteiger partial charge < -0.3 is 5.32 Å². The van der Waals surface area contributed by atoms with Gasteiger partial charge in [-0.1, -0.05) is 24.6 Å². The van der Waals surface area contributed by atoms with E-state index in [2.05, 4.69) is 15.5 Å². The molecule has 0 amide bonds. The molecule has 18 heavy (non-hydrogen) atoms. The predicted molar refractivity (Wildman–Crippen MR) is 68.8 cm³/mol. The second-order valence-corrected chi connectivity index (χ2v) is 4.56. The smallest absolute Gasteiger partial charge is 0.307 e. The molecule has 1 aromatic carbocycles. The summed E-state index contributed by atoms with van der Waals surface area (Å²) in [7, 11) is 0. The van der Waals surface area contributed by atoms with Gasteiger partial charge in [0, 0.05) is 0 Å². The van der Waals surface area contributed by atoms with Crippen molar-refractivity contribution < 1.29 is 0 Å². The number of rotatable bonds is 2. The number of aromatic nitrogens is 3. The first-order chi connectivity index (χ1) is 8.86. The summed E-state index contributed by atoms with van der Waals surface area (Å²) < 4.78 is 1.66. The number of nitrogens with one attached hydrogen (secondary N) is 2. The van der Waals surface area contributed by atoms with Gasteiger partial charge in [0.1, 0.15) is 0 Å². The van der Waals surface area contributed by atoms with E-state index in [0.29, 0.717) is 0 Å². The number of nitrogens with zero attached hydrogens (tertiary/aromatic N) is 2. The Morgan fingerprint density at radius 3 is 2.78 bits per heavy atom. The number of para-hydroxylation sites is 1. The average molecular weight is 244 g/mol. The zero-order valence-corrected chi connectivity index (χ0v) is 10.1. The number of hydrogen-bond donors (Lipinski definition) is 2. The van der Waals surface area contributed by atoms with Crippen molar-refractivity contribution in [1.82, 2.24) is 20.1 Å². The molecule has 0 bridgehead atoms. The Morgan fingerprint density at radius 1 is 1.22 bits per heavy atom. The largest absolute Gasteiger partial charge is 0.347 e. The van der Waals surface area contributed by atoms with Gasteiger partial charge in [0.25, 0.3) is 0 Å². The number of piperidine rings is 1. The summed E-state index contributed by atoms with van der Waals surface area (Å²) in [6.45, 7) is 0.987. The van der Waals surface area contributed by atoms with Crippen molar-refractivity contribution in [3.05, 3.63) is 46.6 Å². The van der Waals surface area contributed by atoms with Crippen LogP contribution in [-0.4, -0.2) is 21.3 Å². The molecule has 1 aliphatic rings. The minimum Gasteiger partial charge on any atom is -0.307 e. The predicted octanol–water partition coefficient (Wildman–Crippen LogP) is 1.38. The molecule has 1 aromatic heterocycles. The molecule has 0 spiro atoms. The van der Waals surface area contributed by atoms with Crippen molar-refractivity contribution in [3.63, 3.8) is 0 Å². The van der Waals surface area contributed by atoms with Gasteiger partial charge in [-0.05, 0) is 31.5 Å².